The van der Waals surface area contributed by atoms with Crippen LogP contribution in [0.15, 0.2) is 49.1 Å². The van der Waals surface area contributed by atoms with Crippen molar-refractivity contribution in [3.05, 3.63) is 60.3 Å². The van der Waals surface area contributed by atoms with Crippen molar-refractivity contribution >= 4 is 5.91 Å². The van der Waals surface area contributed by atoms with Crippen LogP contribution in [0.3, 0.4) is 0 Å². The van der Waals surface area contributed by atoms with E-state index in [0.717, 1.165) is 38.2 Å². The van der Waals surface area contributed by atoms with Crippen molar-refractivity contribution in [2.24, 2.45) is 7.05 Å². The molecule has 0 saturated carbocycles. The average molecular weight is 354 g/mol. The Bertz CT molecular complexity index is 742. The van der Waals surface area contributed by atoms with E-state index in [0.29, 0.717) is 24.7 Å². The molecule has 138 valence electrons. The van der Waals surface area contributed by atoms with E-state index in [1.807, 2.05) is 41.3 Å². The zero-order valence-corrected chi connectivity index (χ0v) is 15.3. The molecular weight excluding hydrogens is 328 g/mol. The second-order valence-electron chi connectivity index (χ2n) is 6.50. The van der Waals surface area contributed by atoms with E-state index in [4.69, 9.17) is 4.74 Å². The van der Waals surface area contributed by atoms with E-state index in [1.165, 1.54) is 0 Å². The number of aryl methyl sites for hydroxylation is 1. The van der Waals surface area contributed by atoms with Gasteiger partial charge in [-0.2, -0.15) is 5.10 Å². The van der Waals surface area contributed by atoms with Crippen LogP contribution in [0.4, 0.5) is 0 Å². The molecule has 2 aromatic rings. The highest BCUT2D eigenvalue weighted by molar-refractivity contribution is 5.92. The first-order valence-corrected chi connectivity index (χ1v) is 9.00. The fraction of sp³-hybridized carbons (Fsp3) is 0.400. The van der Waals surface area contributed by atoms with Crippen LogP contribution in [0.2, 0.25) is 0 Å². The highest BCUT2D eigenvalue weighted by atomic mass is 16.5. The normalized spacial score (nSPS) is 15.5. The second kappa shape index (κ2) is 8.67. The maximum Gasteiger partial charge on any atom is 0.274 e. The number of aromatic nitrogens is 2. The maximum absolute atomic E-state index is 12.8. The molecule has 1 aliphatic heterocycles. The number of hydrogen-bond donors (Lipinski definition) is 0. The fourth-order valence-electron chi connectivity index (χ4n) is 3.12. The Morgan fingerprint density at radius 1 is 1.23 bits per heavy atom. The quantitative estimate of drug-likeness (QED) is 0.747. The minimum atomic E-state index is -0.0318. The lowest BCUT2D eigenvalue weighted by Gasteiger charge is -2.20. The summed E-state index contributed by atoms with van der Waals surface area (Å²) < 4.78 is 7.45. The number of hydrogen-bond acceptors (Lipinski definition) is 4. The van der Waals surface area contributed by atoms with Crippen LogP contribution in [-0.4, -0.2) is 58.2 Å². The van der Waals surface area contributed by atoms with E-state index >= 15 is 0 Å². The number of carbonyl (C=O) groups excluding carboxylic acids is 1. The van der Waals surface area contributed by atoms with Crippen LogP contribution in [0.5, 0.6) is 5.88 Å². The first-order chi connectivity index (χ1) is 12.7. The first kappa shape index (κ1) is 18.2. The zero-order valence-electron chi connectivity index (χ0n) is 15.3. The Kier molecular flexibility index (Phi) is 6.07. The van der Waals surface area contributed by atoms with Crippen molar-refractivity contribution in [3.8, 4) is 5.88 Å². The summed E-state index contributed by atoms with van der Waals surface area (Å²) in [4.78, 5) is 17.0. The summed E-state index contributed by atoms with van der Waals surface area (Å²) in [6, 6.07) is 11.7. The maximum atomic E-state index is 12.8. The molecule has 1 aromatic carbocycles. The van der Waals surface area contributed by atoms with Crippen LogP contribution in [-0.2, 0) is 13.7 Å². The monoisotopic (exact) mass is 354 g/mol. The van der Waals surface area contributed by atoms with Gasteiger partial charge in [-0.3, -0.25) is 9.69 Å². The van der Waals surface area contributed by atoms with Gasteiger partial charge in [-0.15, -0.1) is 6.58 Å². The van der Waals surface area contributed by atoms with Gasteiger partial charge in [-0.25, -0.2) is 4.68 Å². The van der Waals surface area contributed by atoms with Crippen molar-refractivity contribution in [1.82, 2.24) is 19.6 Å². The minimum absolute atomic E-state index is 0.0318. The Balaban J connectivity index is 1.62. The molecule has 0 bridgehead atoms. The molecule has 0 aliphatic carbocycles. The molecule has 1 aliphatic rings. The SMILES string of the molecule is C=CCN1CCCN(C(=O)c2cc(OCc3ccccc3)n(C)n2)CC1. The van der Waals surface area contributed by atoms with Gasteiger partial charge < -0.3 is 9.64 Å². The molecular formula is C20H26N4O2. The topological polar surface area (TPSA) is 50.6 Å². The Labute approximate surface area is 154 Å². The minimum Gasteiger partial charge on any atom is -0.473 e. The zero-order chi connectivity index (χ0) is 18.4. The molecule has 0 spiro atoms. The molecule has 0 unspecified atom stereocenters. The predicted molar refractivity (Wildman–Crippen MR) is 101 cm³/mol. The van der Waals surface area contributed by atoms with Crippen LogP contribution in [0.25, 0.3) is 0 Å². The summed E-state index contributed by atoms with van der Waals surface area (Å²) in [6.45, 7) is 8.42. The van der Waals surface area contributed by atoms with E-state index in [1.54, 1.807) is 17.8 Å². The Hall–Kier alpha value is -2.60. The lowest BCUT2D eigenvalue weighted by molar-refractivity contribution is 0.0755. The number of ether oxygens (including phenoxy) is 1. The lowest BCUT2D eigenvalue weighted by Crippen LogP contribution is -2.35. The van der Waals surface area contributed by atoms with Crippen LogP contribution in [0.1, 0.15) is 22.5 Å². The van der Waals surface area contributed by atoms with Gasteiger partial charge in [-0.1, -0.05) is 36.4 Å². The molecule has 26 heavy (non-hydrogen) atoms. The van der Waals surface area contributed by atoms with E-state index in [-0.39, 0.29) is 5.91 Å². The third kappa shape index (κ3) is 4.52. The number of nitrogens with zero attached hydrogens (tertiary/aromatic N) is 4. The number of amides is 1. The fourth-order valence-corrected chi connectivity index (χ4v) is 3.12. The predicted octanol–water partition coefficient (Wildman–Crippen LogP) is 2.33. The molecule has 1 saturated heterocycles. The number of rotatable bonds is 6. The molecule has 0 radical (unpaired) electrons. The molecule has 2 heterocycles. The Morgan fingerprint density at radius 3 is 2.81 bits per heavy atom. The van der Waals surface area contributed by atoms with Gasteiger partial charge in [0, 0.05) is 45.8 Å². The van der Waals surface area contributed by atoms with Crippen LogP contribution >= 0.6 is 0 Å². The molecule has 0 atom stereocenters. The number of benzene rings is 1. The molecule has 1 aromatic heterocycles. The number of carbonyl (C=O) groups is 1. The van der Waals surface area contributed by atoms with Crippen LogP contribution < -0.4 is 4.74 Å². The first-order valence-electron chi connectivity index (χ1n) is 9.00. The third-order valence-electron chi connectivity index (χ3n) is 4.55. The van der Waals surface area contributed by atoms with Crippen LogP contribution in [0, 0.1) is 0 Å². The van der Waals surface area contributed by atoms with Gasteiger partial charge in [0.15, 0.2) is 5.69 Å². The third-order valence-corrected chi connectivity index (χ3v) is 4.55. The molecule has 3 rings (SSSR count). The van der Waals surface area contributed by atoms with E-state index < -0.39 is 0 Å². The summed E-state index contributed by atoms with van der Waals surface area (Å²) in [7, 11) is 1.80. The largest absolute Gasteiger partial charge is 0.473 e. The summed E-state index contributed by atoms with van der Waals surface area (Å²) in [6.07, 6.45) is 2.87. The van der Waals surface area contributed by atoms with Crippen molar-refractivity contribution in [2.75, 3.05) is 32.7 Å². The van der Waals surface area contributed by atoms with Crippen molar-refractivity contribution in [2.45, 2.75) is 13.0 Å². The second-order valence-corrected chi connectivity index (χ2v) is 6.50. The van der Waals surface area contributed by atoms with E-state index in [2.05, 4.69) is 16.6 Å². The van der Waals surface area contributed by atoms with Gasteiger partial charge in [0.05, 0.1) is 0 Å². The molecule has 6 nitrogen and oxygen atoms in total. The summed E-state index contributed by atoms with van der Waals surface area (Å²) in [5.74, 6) is 0.566. The smallest absolute Gasteiger partial charge is 0.274 e. The summed E-state index contributed by atoms with van der Waals surface area (Å²) in [5.41, 5.74) is 1.52. The van der Waals surface area contributed by atoms with Crippen molar-refractivity contribution in [3.63, 3.8) is 0 Å². The van der Waals surface area contributed by atoms with Crippen molar-refractivity contribution < 1.29 is 9.53 Å². The van der Waals surface area contributed by atoms with Gasteiger partial charge in [0.25, 0.3) is 5.91 Å². The summed E-state index contributed by atoms with van der Waals surface area (Å²) >= 11 is 0. The average Bonchev–Trinajstić information content (AvgIpc) is 2.87. The van der Waals surface area contributed by atoms with Crippen molar-refractivity contribution in [1.29, 1.82) is 0 Å². The molecule has 6 heteroatoms. The summed E-state index contributed by atoms with van der Waals surface area (Å²) in [5, 5.41) is 4.35. The highest BCUT2D eigenvalue weighted by Crippen LogP contribution is 2.16. The van der Waals surface area contributed by atoms with E-state index in [9.17, 15) is 4.79 Å². The van der Waals surface area contributed by atoms with Gasteiger partial charge in [-0.05, 0) is 12.0 Å². The van der Waals surface area contributed by atoms with Gasteiger partial charge in [0.1, 0.15) is 6.61 Å². The highest BCUT2D eigenvalue weighted by Gasteiger charge is 2.23. The standard InChI is InChI=1S/C20H26N4O2/c1-3-10-23-11-7-12-24(14-13-23)20(25)18-15-19(22(2)21-18)26-16-17-8-5-4-6-9-17/h3-6,8-9,15H,1,7,10-14,16H2,2H3. The molecule has 1 amide bonds. The molecule has 1 fully saturated rings. The van der Waals surface area contributed by atoms with Gasteiger partial charge in [0.2, 0.25) is 5.88 Å². The molecule has 0 N–H and O–H groups in total. The lowest BCUT2D eigenvalue weighted by atomic mass is 10.2. The van der Waals surface area contributed by atoms with Gasteiger partial charge >= 0.3 is 0 Å². The Morgan fingerprint density at radius 2 is 2.04 bits per heavy atom.